The molecular weight excluding hydrogens is 242 g/mol. The number of carbonyl (C=O) groups excluding carboxylic acids is 1. The maximum atomic E-state index is 11.3. The molecule has 19 heavy (non-hydrogen) atoms. The first kappa shape index (κ1) is 14.0. The molecule has 0 saturated carbocycles. The smallest absolute Gasteiger partial charge is 0.337 e. The summed E-state index contributed by atoms with van der Waals surface area (Å²) in [5.74, 6) is -0.284. The molecule has 4 nitrogen and oxygen atoms in total. The van der Waals surface area contributed by atoms with Crippen molar-refractivity contribution in [2.45, 2.75) is 19.4 Å². The Morgan fingerprint density at radius 1 is 1.37 bits per heavy atom. The Balaban J connectivity index is 1.86. The van der Waals surface area contributed by atoms with E-state index in [4.69, 9.17) is 4.74 Å². The largest absolute Gasteiger partial charge is 0.465 e. The third-order valence-corrected chi connectivity index (χ3v) is 3.61. The molecule has 0 bridgehead atoms. The van der Waals surface area contributed by atoms with E-state index >= 15 is 0 Å². The Kier molecular flexibility index (Phi) is 4.93. The van der Waals surface area contributed by atoms with E-state index < -0.39 is 0 Å². The molecule has 2 rings (SSSR count). The van der Waals surface area contributed by atoms with Gasteiger partial charge in [-0.3, -0.25) is 4.90 Å². The van der Waals surface area contributed by atoms with Gasteiger partial charge in [0, 0.05) is 6.54 Å². The van der Waals surface area contributed by atoms with Gasteiger partial charge in [0.15, 0.2) is 0 Å². The molecule has 0 radical (unpaired) electrons. The summed E-state index contributed by atoms with van der Waals surface area (Å²) >= 11 is 0. The number of esters is 1. The van der Waals surface area contributed by atoms with Crippen LogP contribution in [0.15, 0.2) is 24.3 Å². The average Bonchev–Trinajstić information content (AvgIpc) is 2.40. The number of nitrogens with zero attached hydrogens (tertiary/aromatic N) is 1. The summed E-state index contributed by atoms with van der Waals surface area (Å²) in [5, 5.41) is 0. The van der Waals surface area contributed by atoms with Gasteiger partial charge < -0.3 is 9.47 Å². The van der Waals surface area contributed by atoms with E-state index in [9.17, 15) is 4.79 Å². The molecular formula is C15H21NO3. The van der Waals surface area contributed by atoms with Crippen LogP contribution < -0.4 is 0 Å². The van der Waals surface area contributed by atoms with Crippen molar-refractivity contribution in [3.8, 4) is 0 Å². The van der Waals surface area contributed by atoms with Crippen molar-refractivity contribution in [2.75, 3.05) is 33.4 Å². The highest BCUT2D eigenvalue weighted by molar-refractivity contribution is 5.89. The van der Waals surface area contributed by atoms with E-state index in [0.717, 1.165) is 32.7 Å². The molecule has 1 fully saturated rings. The lowest BCUT2D eigenvalue weighted by atomic mass is 10.1. The lowest BCUT2D eigenvalue weighted by molar-refractivity contribution is -0.0627. The summed E-state index contributed by atoms with van der Waals surface area (Å²) in [6, 6.07) is 8.22. The van der Waals surface area contributed by atoms with E-state index in [2.05, 4.69) is 16.6 Å². The van der Waals surface area contributed by atoms with Gasteiger partial charge in [-0.05, 0) is 30.7 Å². The van der Waals surface area contributed by atoms with Crippen molar-refractivity contribution < 1.29 is 14.3 Å². The van der Waals surface area contributed by atoms with Crippen molar-refractivity contribution in [2.24, 2.45) is 0 Å². The molecule has 0 atom stereocenters. The molecule has 1 saturated heterocycles. The van der Waals surface area contributed by atoms with Crippen LogP contribution in [0.2, 0.25) is 0 Å². The molecule has 1 heterocycles. The molecule has 0 aromatic heterocycles. The number of benzene rings is 1. The first-order chi connectivity index (χ1) is 9.24. The minimum atomic E-state index is -0.284. The van der Waals surface area contributed by atoms with Crippen LogP contribution in [-0.4, -0.2) is 50.3 Å². The van der Waals surface area contributed by atoms with E-state index in [1.165, 1.54) is 12.7 Å². The standard InChI is InChI=1S/C15H21NO3/c1-3-16(14-10-19-11-14)9-8-12-4-6-13(7-5-12)15(17)18-2/h4-7,14H,3,8-11H2,1-2H3. The number of rotatable bonds is 6. The lowest BCUT2D eigenvalue weighted by Crippen LogP contribution is -2.49. The van der Waals surface area contributed by atoms with Crippen molar-refractivity contribution in [3.05, 3.63) is 35.4 Å². The molecule has 0 amide bonds. The lowest BCUT2D eigenvalue weighted by Gasteiger charge is -2.36. The fourth-order valence-corrected chi connectivity index (χ4v) is 2.23. The van der Waals surface area contributed by atoms with Crippen LogP contribution in [0.1, 0.15) is 22.8 Å². The van der Waals surface area contributed by atoms with E-state index in [1.807, 2.05) is 24.3 Å². The molecule has 104 valence electrons. The Labute approximate surface area is 114 Å². The average molecular weight is 263 g/mol. The zero-order valence-electron chi connectivity index (χ0n) is 11.6. The van der Waals surface area contributed by atoms with Crippen LogP contribution in [0.3, 0.4) is 0 Å². The van der Waals surface area contributed by atoms with Crippen molar-refractivity contribution >= 4 is 5.97 Å². The first-order valence-electron chi connectivity index (χ1n) is 6.73. The van der Waals surface area contributed by atoms with Gasteiger partial charge in [-0.2, -0.15) is 0 Å². The quantitative estimate of drug-likeness (QED) is 0.733. The topological polar surface area (TPSA) is 38.8 Å². The highest BCUT2D eigenvalue weighted by Gasteiger charge is 2.24. The molecule has 0 spiro atoms. The summed E-state index contributed by atoms with van der Waals surface area (Å²) in [6.07, 6.45) is 0.992. The molecule has 0 aliphatic carbocycles. The molecule has 0 unspecified atom stereocenters. The number of carbonyl (C=O) groups is 1. The number of hydrogen-bond donors (Lipinski definition) is 0. The zero-order chi connectivity index (χ0) is 13.7. The third-order valence-electron chi connectivity index (χ3n) is 3.61. The fourth-order valence-electron chi connectivity index (χ4n) is 2.23. The van der Waals surface area contributed by atoms with E-state index in [1.54, 1.807) is 0 Å². The molecule has 1 aliphatic heterocycles. The van der Waals surface area contributed by atoms with Crippen LogP contribution >= 0.6 is 0 Å². The number of methoxy groups -OCH3 is 1. The summed E-state index contributed by atoms with van der Waals surface area (Å²) < 4.78 is 9.92. The van der Waals surface area contributed by atoms with Gasteiger partial charge in [0.25, 0.3) is 0 Å². The zero-order valence-corrected chi connectivity index (χ0v) is 11.6. The predicted molar refractivity (Wildman–Crippen MR) is 73.3 cm³/mol. The molecule has 4 heteroatoms. The summed E-state index contributed by atoms with van der Waals surface area (Å²) in [6.45, 7) is 5.97. The molecule has 1 aromatic carbocycles. The minimum absolute atomic E-state index is 0.284. The Morgan fingerprint density at radius 3 is 2.53 bits per heavy atom. The molecule has 1 aromatic rings. The van der Waals surface area contributed by atoms with Gasteiger partial charge in [-0.1, -0.05) is 19.1 Å². The van der Waals surface area contributed by atoms with Gasteiger partial charge in [0.05, 0.1) is 31.9 Å². The van der Waals surface area contributed by atoms with Crippen LogP contribution in [0.5, 0.6) is 0 Å². The minimum Gasteiger partial charge on any atom is -0.465 e. The van der Waals surface area contributed by atoms with Gasteiger partial charge >= 0.3 is 5.97 Å². The number of ether oxygens (including phenoxy) is 2. The van der Waals surface area contributed by atoms with Crippen LogP contribution in [0, 0.1) is 0 Å². The Morgan fingerprint density at radius 2 is 2.05 bits per heavy atom. The van der Waals surface area contributed by atoms with Crippen molar-refractivity contribution in [1.29, 1.82) is 0 Å². The first-order valence-corrected chi connectivity index (χ1v) is 6.73. The van der Waals surface area contributed by atoms with Crippen molar-refractivity contribution in [3.63, 3.8) is 0 Å². The maximum Gasteiger partial charge on any atom is 0.337 e. The third kappa shape index (κ3) is 3.55. The fraction of sp³-hybridized carbons (Fsp3) is 0.533. The normalized spacial score (nSPS) is 15.3. The second-order valence-electron chi connectivity index (χ2n) is 4.76. The predicted octanol–water partition coefficient (Wildman–Crippen LogP) is 1.74. The summed E-state index contributed by atoms with van der Waals surface area (Å²) in [7, 11) is 1.40. The summed E-state index contributed by atoms with van der Waals surface area (Å²) in [4.78, 5) is 13.8. The second kappa shape index (κ2) is 6.68. The number of likely N-dealkylation sites (N-methyl/N-ethyl adjacent to an activating group) is 1. The second-order valence-corrected chi connectivity index (χ2v) is 4.76. The Hall–Kier alpha value is -1.39. The van der Waals surface area contributed by atoms with Crippen LogP contribution in [0.25, 0.3) is 0 Å². The monoisotopic (exact) mass is 263 g/mol. The number of hydrogen-bond acceptors (Lipinski definition) is 4. The van der Waals surface area contributed by atoms with Gasteiger partial charge in [-0.25, -0.2) is 4.79 Å². The van der Waals surface area contributed by atoms with Crippen LogP contribution in [-0.2, 0) is 15.9 Å². The van der Waals surface area contributed by atoms with Crippen LogP contribution in [0.4, 0.5) is 0 Å². The maximum absolute atomic E-state index is 11.3. The highest BCUT2D eigenvalue weighted by Crippen LogP contribution is 2.12. The van der Waals surface area contributed by atoms with Gasteiger partial charge in [0.2, 0.25) is 0 Å². The SMILES string of the molecule is CCN(CCc1ccc(C(=O)OC)cc1)C1COC1. The Bertz CT molecular complexity index is 412. The van der Waals surface area contributed by atoms with Gasteiger partial charge in [0.1, 0.15) is 0 Å². The van der Waals surface area contributed by atoms with E-state index in [-0.39, 0.29) is 5.97 Å². The highest BCUT2D eigenvalue weighted by atomic mass is 16.5. The summed E-state index contributed by atoms with van der Waals surface area (Å²) in [5.41, 5.74) is 1.84. The van der Waals surface area contributed by atoms with Crippen molar-refractivity contribution in [1.82, 2.24) is 4.90 Å². The van der Waals surface area contributed by atoms with E-state index in [0.29, 0.717) is 11.6 Å². The van der Waals surface area contributed by atoms with Gasteiger partial charge in [-0.15, -0.1) is 0 Å². The molecule has 1 aliphatic rings. The molecule has 0 N–H and O–H groups in total.